The van der Waals surface area contributed by atoms with Crippen molar-refractivity contribution in [1.82, 2.24) is 0 Å². The number of nitrogens with one attached hydrogen (secondary N) is 1. The third kappa shape index (κ3) is 5.41. The Bertz CT molecular complexity index is 727. The van der Waals surface area contributed by atoms with E-state index in [1.165, 1.54) is 25.3 Å². The Morgan fingerprint density at radius 3 is 2.44 bits per heavy atom. The zero-order valence-electron chi connectivity index (χ0n) is 13.6. The van der Waals surface area contributed by atoms with E-state index in [4.69, 9.17) is 0 Å². The average Bonchev–Trinajstić information content (AvgIpc) is 2.57. The number of phenolic OH excluding ortho intramolecular Hbond substituents is 1. The highest BCUT2D eigenvalue weighted by Crippen LogP contribution is 2.29. The van der Waals surface area contributed by atoms with E-state index >= 15 is 0 Å². The van der Waals surface area contributed by atoms with Gasteiger partial charge in [0.25, 0.3) is 0 Å². The van der Waals surface area contributed by atoms with Gasteiger partial charge in [-0.1, -0.05) is 12.1 Å². The number of methoxy groups -OCH3 is 1. The van der Waals surface area contributed by atoms with E-state index in [2.05, 4.69) is 10.1 Å². The molecule has 25 heavy (non-hydrogen) atoms. The molecular weight excluding hydrogens is 335 g/mol. The van der Waals surface area contributed by atoms with Crippen LogP contribution in [-0.2, 0) is 28.5 Å². The monoisotopic (exact) mass is 353 g/mol. The summed E-state index contributed by atoms with van der Waals surface area (Å²) in [6, 6.07) is 9.78. The Hall–Kier alpha value is -2.70. The first-order valence-electron chi connectivity index (χ1n) is 7.58. The Labute approximate surface area is 143 Å². The van der Waals surface area contributed by atoms with Gasteiger partial charge in [0.15, 0.2) is 0 Å². The van der Waals surface area contributed by atoms with Crippen LogP contribution >= 0.6 is 0 Å². The Kier molecular flexibility index (Phi) is 5.90. The molecule has 2 N–H and O–H groups in total. The summed E-state index contributed by atoms with van der Waals surface area (Å²) < 4.78 is 42.1. The number of carbonyl (C=O) groups excluding carboxylic acids is 1. The Morgan fingerprint density at radius 2 is 1.84 bits per heavy atom. The lowest BCUT2D eigenvalue weighted by Crippen LogP contribution is -2.08. The second-order valence-corrected chi connectivity index (χ2v) is 5.47. The molecule has 0 bridgehead atoms. The molecule has 0 spiro atoms. The minimum Gasteiger partial charge on any atom is -0.508 e. The van der Waals surface area contributed by atoms with Crippen molar-refractivity contribution >= 4 is 11.7 Å². The number of benzene rings is 2. The van der Waals surface area contributed by atoms with Crippen molar-refractivity contribution in [2.24, 2.45) is 0 Å². The third-order valence-corrected chi connectivity index (χ3v) is 3.67. The molecule has 0 amide bonds. The summed E-state index contributed by atoms with van der Waals surface area (Å²) in [5, 5.41) is 12.9. The highest BCUT2D eigenvalue weighted by atomic mass is 19.4. The van der Waals surface area contributed by atoms with Crippen LogP contribution < -0.4 is 5.32 Å². The summed E-state index contributed by atoms with van der Waals surface area (Å²) in [4.78, 5) is 11.3. The van der Waals surface area contributed by atoms with Crippen LogP contribution in [0.25, 0.3) is 0 Å². The van der Waals surface area contributed by atoms with Gasteiger partial charge in [0.1, 0.15) is 5.75 Å². The van der Waals surface area contributed by atoms with Gasteiger partial charge in [-0.05, 0) is 42.3 Å². The molecule has 0 atom stereocenters. The maximum absolute atomic E-state index is 12.5. The number of hydrogen-bond acceptors (Lipinski definition) is 4. The summed E-state index contributed by atoms with van der Waals surface area (Å²) in [7, 11) is 1.27. The van der Waals surface area contributed by atoms with Gasteiger partial charge in [-0.2, -0.15) is 13.2 Å². The molecule has 0 unspecified atom stereocenters. The van der Waals surface area contributed by atoms with Crippen LogP contribution in [0.4, 0.5) is 18.9 Å². The second kappa shape index (κ2) is 7.92. The van der Waals surface area contributed by atoms with Gasteiger partial charge >= 0.3 is 12.1 Å². The molecule has 0 heterocycles. The summed E-state index contributed by atoms with van der Waals surface area (Å²) in [6.07, 6.45) is -3.85. The molecular formula is C18H18F3NO3. The van der Waals surface area contributed by atoms with Crippen molar-refractivity contribution in [3.8, 4) is 5.75 Å². The van der Waals surface area contributed by atoms with Crippen LogP contribution in [0.5, 0.6) is 5.75 Å². The predicted octanol–water partition coefficient (Wildman–Crippen LogP) is 3.78. The number of phenols is 1. The normalized spacial score (nSPS) is 11.2. The number of rotatable bonds is 6. The summed E-state index contributed by atoms with van der Waals surface area (Å²) in [5.41, 5.74) is 1.24. The number of alkyl halides is 3. The van der Waals surface area contributed by atoms with E-state index in [1.54, 1.807) is 12.1 Å². The van der Waals surface area contributed by atoms with Crippen LogP contribution in [0.2, 0.25) is 0 Å². The van der Waals surface area contributed by atoms with Crippen molar-refractivity contribution in [3.63, 3.8) is 0 Å². The summed E-state index contributed by atoms with van der Waals surface area (Å²) in [6.45, 7) is 0.494. The minimum absolute atomic E-state index is 0.00121. The molecule has 2 rings (SSSR count). The molecule has 0 saturated carbocycles. The molecule has 2 aromatic rings. The molecule has 4 nitrogen and oxygen atoms in total. The van der Waals surface area contributed by atoms with Crippen LogP contribution in [0.3, 0.4) is 0 Å². The predicted molar refractivity (Wildman–Crippen MR) is 87.5 cm³/mol. The molecule has 0 aromatic heterocycles. The molecule has 7 heteroatoms. The van der Waals surface area contributed by atoms with Gasteiger partial charge in [-0.3, -0.25) is 4.79 Å². The van der Waals surface area contributed by atoms with Gasteiger partial charge in [-0.15, -0.1) is 0 Å². The first-order valence-corrected chi connectivity index (χ1v) is 7.58. The Morgan fingerprint density at radius 1 is 1.16 bits per heavy atom. The van der Waals surface area contributed by atoms with Gasteiger partial charge in [0.05, 0.1) is 19.1 Å². The van der Waals surface area contributed by atoms with Gasteiger partial charge in [-0.25, -0.2) is 0 Å². The first kappa shape index (κ1) is 18.6. The molecule has 0 aliphatic carbocycles. The van der Waals surface area contributed by atoms with Gasteiger partial charge < -0.3 is 15.2 Å². The fraction of sp³-hybridized carbons (Fsp3) is 0.278. The van der Waals surface area contributed by atoms with Crippen molar-refractivity contribution in [2.75, 3.05) is 19.0 Å². The Balaban J connectivity index is 1.93. The number of ether oxygens (including phenoxy) is 1. The smallest absolute Gasteiger partial charge is 0.416 e. The number of anilines is 1. The fourth-order valence-corrected chi connectivity index (χ4v) is 2.28. The van der Waals surface area contributed by atoms with Gasteiger partial charge in [0, 0.05) is 17.8 Å². The maximum atomic E-state index is 12.5. The van der Waals surface area contributed by atoms with E-state index in [1.807, 2.05) is 0 Å². The zero-order valence-corrected chi connectivity index (χ0v) is 13.6. The third-order valence-electron chi connectivity index (χ3n) is 3.67. The lowest BCUT2D eigenvalue weighted by atomic mass is 10.1. The highest BCUT2D eigenvalue weighted by Gasteiger charge is 2.29. The minimum atomic E-state index is -4.33. The summed E-state index contributed by atoms with van der Waals surface area (Å²) >= 11 is 0. The second-order valence-electron chi connectivity index (χ2n) is 5.47. The maximum Gasteiger partial charge on any atom is 0.416 e. The van der Waals surface area contributed by atoms with E-state index in [0.29, 0.717) is 24.2 Å². The molecule has 0 aliphatic rings. The van der Waals surface area contributed by atoms with E-state index < -0.39 is 17.7 Å². The van der Waals surface area contributed by atoms with Crippen LogP contribution in [0.1, 0.15) is 16.7 Å². The first-order chi connectivity index (χ1) is 11.8. The number of hydrogen-bond donors (Lipinski definition) is 2. The fourth-order valence-electron chi connectivity index (χ4n) is 2.28. The van der Waals surface area contributed by atoms with Gasteiger partial charge in [0.2, 0.25) is 0 Å². The standard InChI is InChI=1S/C18H18F3NO3/c1-25-17(24)11-13-10-15(6-7-16(13)23)22-9-8-12-2-4-14(5-3-12)18(19,20)21/h2-7,10,22-23H,8-9,11H2,1H3. The molecule has 0 fully saturated rings. The molecule has 0 aliphatic heterocycles. The van der Waals surface area contributed by atoms with Crippen LogP contribution in [0.15, 0.2) is 42.5 Å². The van der Waals surface area contributed by atoms with E-state index in [0.717, 1.165) is 17.7 Å². The topological polar surface area (TPSA) is 58.6 Å². The van der Waals surface area contributed by atoms with Crippen molar-refractivity contribution < 1.29 is 27.8 Å². The lowest BCUT2D eigenvalue weighted by Gasteiger charge is -2.11. The van der Waals surface area contributed by atoms with E-state index in [-0.39, 0.29) is 12.2 Å². The number of carbonyl (C=O) groups is 1. The van der Waals surface area contributed by atoms with E-state index in [9.17, 15) is 23.1 Å². The van der Waals surface area contributed by atoms with Crippen LogP contribution in [0, 0.1) is 0 Å². The van der Waals surface area contributed by atoms with Crippen molar-refractivity contribution in [3.05, 3.63) is 59.2 Å². The zero-order chi connectivity index (χ0) is 18.4. The quantitative estimate of drug-likeness (QED) is 0.613. The average molecular weight is 353 g/mol. The largest absolute Gasteiger partial charge is 0.508 e. The number of aromatic hydroxyl groups is 1. The molecule has 0 saturated heterocycles. The molecule has 2 aromatic carbocycles. The van der Waals surface area contributed by atoms with Crippen molar-refractivity contribution in [2.45, 2.75) is 19.0 Å². The number of esters is 1. The summed E-state index contributed by atoms with van der Waals surface area (Å²) in [5.74, 6) is -0.462. The number of halogens is 3. The van der Waals surface area contributed by atoms with Crippen molar-refractivity contribution in [1.29, 1.82) is 0 Å². The lowest BCUT2D eigenvalue weighted by molar-refractivity contribution is -0.140. The SMILES string of the molecule is COC(=O)Cc1cc(NCCc2ccc(C(F)(F)F)cc2)ccc1O. The van der Waals surface area contributed by atoms with Crippen LogP contribution in [-0.4, -0.2) is 24.7 Å². The molecule has 134 valence electrons. The molecule has 0 radical (unpaired) electrons. The highest BCUT2D eigenvalue weighted by molar-refractivity contribution is 5.74.